The van der Waals surface area contributed by atoms with Crippen molar-refractivity contribution in [3.63, 3.8) is 0 Å². The van der Waals surface area contributed by atoms with Crippen molar-refractivity contribution >= 4 is 33.0 Å². The topological polar surface area (TPSA) is 26.3 Å². The van der Waals surface area contributed by atoms with Gasteiger partial charge in [-0.3, -0.25) is 4.79 Å². The van der Waals surface area contributed by atoms with Gasteiger partial charge in [0.25, 0.3) is 0 Å². The summed E-state index contributed by atoms with van der Waals surface area (Å²) in [7, 11) is 0. The SMILES string of the molecule is O=C(CCCOc1ccc(Br)cc1F)c1cccs1. The number of hydrogen-bond donors (Lipinski definition) is 0. The largest absolute Gasteiger partial charge is 0.491 e. The lowest BCUT2D eigenvalue weighted by molar-refractivity contribution is 0.0977. The van der Waals surface area contributed by atoms with Gasteiger partial charge in [-0.2, -0.15) is 0 Å². The first-order valence-corrected chi connectivity index (χ1v) is 7.48. The molecule has 0 bridgehead atoms. The van der Waals surface area contributed by atoms with Gasteiger partial charge in [0.2, 0.25) is 0 Å². The van der Waals surface area contributed by atoms with Crippen molar-refractivity contribution in [2.45, 2.75) is 12.8 Å². The molecule has 0 saturated carbocycles. The minimum atomic E-state index is -0.404. The molecule has 0 aliphatic carbocycles. The van der Waals surface area contributed by atoms with E-state index in [4.69, 9.17) is 4.74 Å². The van der Waals surface area contributed by atoms with E-state index in [1.165, 1.54) is 17.4 Å². The molecule has 1 heterocycles. The summed E-state index contributed by atoms with van der Waals surface area (Å²) in [6.45, 7) is 0.329. The zero-order chi connectivity index (χ0) is 13.7. The van der Waals surface area contributed by atoms with Crippen molar-refractivity contribution in [1.82, 2.24) is 0 Å². The summed E-state index contributed by atoms with van der Waals surface area (Å²) >= 11 is 4.61. The Morgan fingerprint density at radius 3 is 2.89 bits per heavy atom. The Labute approximate surface area is 123 Å². The van der Waals surface area contributed by atoms with Crippen LogP contribution in [0.1, 0.15) is 22.5 Å². The van der Waals surface area contributed by atoms with Crippen LogP contribution in [0.25, 0.3) is 0 Å². The zero-order valence-electron chi connectivity index (χ0n) is 10.1. The molecule has 0 saturated heterocycles. The second kappa shape index (κ2) is 6.82. The molecular weight excluding hydrogens is 331 g/mol. The van der Waals surface area contributed by atoms with Crippen molar-refractivity contribution in [3.8, 4) is 5.75 Å². The van der Waals surface area contributed by atoms with Crippen LogP contribution >= 0.6 is 27.3 Å². The second-order valence-electron chi connectivity index (χ2n) is 3.93. The molecule has 0 N–H and O–H groups in total. The van der Waals surface area contributed by atoms with Gasteiger partial charge in [0.1, 0.15) is 0 Å². The molecule has 0 spiro atoms. The van der Waals surface area contributed by atoms with Crippen LogP contribution in [-0.4, -0.2) is 12.4 Å². The van der Waals surface area contributed by atoms with Gasteiger partial charge in [0.15, 0.2) is 17.3 Å². The Bertz CT molecular complexity index is 555. The molecule has 0 fully saturated rings. The lowest BCUT2D eigenvalue weighted by atomic mass is 10.2. The fraction of sp³-hybridized carbons (Fsp3) is 0.214. The molecule has 2 rings (SSSR count). The van der Waals surface area contributed by atoms with Crippen molar-refractivity contribution < 1.29 is 13.9 Å². The van der Waals surface area contributed by atoms with E-state index in [2.05, 4.69) is 15.9 Å². The molecule has 2 nitrogen and oxygen atoms in total. The van der Waals surface area contributed by atoms with Crippen LogP contribution in [-0.2, 0) is 0 Å². The van der Waals surface area contributed by atoms with Crippen LogP contribution in [0, 0.1) is 5.82 Å². The maximum Gasteiger partial charge on any atom is 0.172 e. The number of benzene rings is 1. The standard InChI is InChI=1S/C14H12BrFO2S/c15-10-5-6-13(11(16)9-10)18-7-1-3-12(17)14-4-2-8-19-14/h2,4-6,8-9H,1,3,7H2. The molecule has 0 aliphatic heterocycles. The number of rotatable bonds is 6. The zero-order valence-corrected chi connectivity index (χ0v) is 12.5. The van der Waals surface area contributed by atoms with Gasteiger partial charge in [-0.25, -0.2) is 4.39 Å². The van der Waals surface area contributed by atoms with Gasteiger partial charge in [-0.05, 0) is 36.1 Å². The first kappa shape index (κ1) is 14.2. The van der Waals surface area contributed by atoms with E-state index in [0.717, 1.165) is 4.88 Å². The number of thiophene rings is 1. The number of hydrogen-bond acceptors (Lipinski definition) is 3. The minimum absolute atomic E-state index is 0.106. The highest BCUT2D eigenvalue weighted by Crippen LogP contribution is 2.21. The normalized spacial score (nSPS) is 10.4. The van der Waals surface area contributed by atoms with Gasteiger partial charge in [0, 0.05) is 10.9 Å². The number of halogens is 2. The second-order valence-corrected chi connectivity index (χ2v) is 5.79. The quantitative estimate of drug-likeness (QED) is 0.562. The summed E-state index contributed by atoms with van der Waals surface area (Å²) in [4.78, 5) is 12.5. The summed E-state index contributed by atoms with van der Waals surface area (Å²) < 4.78 is 19.4. The molecule has 2 aromatic rings. The highest BCUT2D eigenvalue weighted by Gasteiger charge is 2.07. The molecule has 100 valence electrons. The third-order valence-electron chi connectivity index (χ3n) is 2.50. The molecular formula is C14H12BrFO2S. The first-order chi connectivity index (χ1) is 9.16. The monoisotopic (exact) mass is 342 g/mol. The molecule has 1 aromatic carbocycles. The molecule has 0 aliphatic rings. The van der Waals surface area contributed by atoms with E-state index in [1.54, 1.807) is 12.1 Å². The van der Waals surface area contributed by atoms with Crippen LogP contribution in [0.5, 0.6) is 5.75 Å². The van der Waals surface area contributed by atoms with E-state index >= 15 is 0 Å². The fourth-order valence-electron chi connectivity index (χ4n) is 1.57. The van der Waals surface area contributed by atoms with Gasteiger partial charge >= 0.3 is 0 Å². The Morgan fingerprint density at radius 1 is 1.37 bits per heavy atom. The Hall–Kier alpha value is -1.20. The third-order valence-corrected chi connectivity index (χ3v) is 3.90. The lowest BCUT2D eigenvalue weighted by Gasteiger charge is -2.06. The van der Waals surface area contributed by atoms with Gasteiger partial charge < -0.3 is 4.74 Å². The molecule has 1 aromatic heterocycles. The van der Waals surface area contributed by atoms with Gasteiger partial charge in [-0.15, -0.1) is 11.3 Å². The first-order valence-electron chi connectivity index (χ1n) is 5.81. The van der Waals surface area contributed by atoms with E-state index in [9.17, 15) is 9.18 Å². The van der Waals surface area contributed by atoms with Crippen LogP contribution in [0.2, 0.25) is 0 Å². The van der Waals surface area contributed by atoms with E-state index in [0.29, 0.717) is 23.9 Å². The Balaban J connectivity index is 1.76. The number of ether oxygens (including phenoxy) is 1. The molecule has 0 atom stereocenters. The van der Waals surface area contributed by atoms with Crippen molar-refractivity contribution in [2.24, 2.45) is 0 Å². The summed E-state index contributed by atoms with van der Waals surface area (Å²) in [5.74, 6) is -0.0828. The lowest BCUT2D eigenvalue weighted by Crippen LogP contribution is -2.03. The maximum atomic E-state index is 13.4. The number of ketones is 1. The molecule has 0 unspecified atom stereocenters. The van der Waals surface area contributed by atoms with E-state index in [1.807, 2.05) is 17.5 Å². The Morgan fingerprint density at radius 2 is 2.21 bits per heavy atom. The highest BCUT2D eigenvalue weighted by atomic mass is 79.9. The maximum absolute atomic E-state index is 13.4. The summed E-state index contributed by atoms with van der Waals surface area (Å²) in [5.41, 5.74) is 0. The summed E-state index contributed by atoms with van der Waals surface area (Å²) in [5, 5.41) is 1.88. The van der Waals surface area contributed by atoms with Crippen molar-refractivity contribution in [2.75, 3.05) is 6.61 Å². The Kier molecular flexibility index (Phi) is 5.10. The smallest absolute Gasteiger partial charge is 0.172 e. The van der Waals surface area contributed by atoms with Crippen molar-refractivity contribution in [3.05, 3.63) is 50.9 Å². The van der Waals surface area contributed by atoms with Crippen molar-refractivity contribution in [1.29, 1.82) is 0 Å². The van der Waals surface area contributed by atoms with Crippen LogP contribution in [0.3, 0.4) is 0 Å². The number of carbonyl (C=O) groups is 1. The minimum Gasteiger partial charge on any atom is -0.491 e. The number of Topliss-reactive ketones (excluding diaryl/α,β-unsaturated/α-hetero) is 1. The van der Waals surface area contributed by atoms with Gasteiger partial charge in [0.05, 0.1) is 11.5 Å². The van der Waals surface area contributed by atoms with Crippen LogP contribution < -0.4 is 4.74 Å². The van der Waals surface area contributed by atoms with Crippen LogP contribution in [0.4, 0.5) is 4.39 Å². The highest BCUT2D eigenvalue weighted by molar-refractivity contribution is 9.10. The number of carbonyl (C=O) groups excluding carboxylic acids is 1. The average Bonchev–Trinajstić information content (AvgIpc) is 2.90. The summed E-state index contributed by atoms with van der Waals surface area (Å²) in [6, 6.07) is 8.30. The molecule has 19 heavy (non-hydrogen) atoms. The predicted molar refractivity (Wildman–Crippen MR) is 77.5 cm³/mol. The van der Waals surface area contributed by atoms with E-state index in [-0.39, 0.29) is 11.5 Å². The molecule has 0 radical (unpaired) electrons. The predicted octanol–water partition coefficient (Wildman–Crippen LogP) is 4.69. The fourth-order valence-corrected chi connectivity index (χ4v) is 2.60. The molecule has 0 amide bonds. The van der Waals surface area contributed by atoms with Gasteiger partial charge in [-0.1, -0.05) is 22.0 Å². The molecule has 5 heteroatoms. The third kappa shape index (κ3) is 4.14. The van der Waals surface area contributed by atoms with E-state index < -0.39 is 5.82 Å². The summed E-state index contributed by atoms with van der Waals surface area (Å²) in [6.07, 6.45) is 0.991. The average molecular weight is 343 g/mol. The van der Waals surface area contributed by atoms with Crippen LogP contribution in [0.15, 0.2) is 40.2 Å².